The molecule has 0 radical (unpaired) electrons. The Morgan fingerprint density at radius 2 is 1.74 bits per heavy atom. The first-order valence-electron chi connectivity index (χ1n) is 6.78. The molecule has 1 aromatic rings. The largest absolute Gasteiger partial charge is 0.463 e. The molecule has 5 heteroatoms. The van der Waals surface area contributed by atoms with E-state index < -0.39 is 0 Å². The summed E-state index contributed by atoms with van der Waals surface area (Å²) >= 11 is 0. The first kappa shape index (κ1) is 16.2. The van der Waals surface area contributed by atoms with Gasteiger partial charge in [0.05, 0.1) is 26.3 Å². The van der Waals surface area contributed by atoms with Crippen LogP contribution in [0.4, 0.5) is 0 Å². The van der Waals surface area contributed by atoms with Crippen molar-refractivity contribution < 1.29 is 13.9 Å². The average Bonchev–Trinajstić information content (AvgIpc) is 2.87. The van der Waals surface area contributed by atoms with Crippen molar-refractivity contribution in [2.24, 2.45) is 0 Å². The summed E-state index contributed by atoms with van der Waals surface area (Å²) in [7, 11) is 3.44. The zero-order valence-electron chi connectivity index (χ0n) is 12.3. The van der Waals surface area contributed by atoms with E-state index in [1.54, 1.807) is 14.2 Å². The molecule has 1 N–H and O–H groups in total. The molecule has 5 nitrogen and oxygen atoms in total. The Bertz CT molecular complexity index is 320. The number of nitrogens with zero attached hydrogens (tertiary/aromatic N) is 1. The van der Waals surface area contributed by atoms with Crippen molar-refractivity contribution in [3.05, 3.63) is 23.7 Å². The minimum Gasteiger partial charge on any atom is -0.463 e. The molecule has 0 saturated heterocycles. The molecule has 1 heterocycles. The highest BCUT2D eigenvalue weighted by molar-refractivity contribution is 5.07. The van der Waals surface area contributed by atoms with Gasteiger partial charge < -0.3 is 19.2 Å². The second-order valence-corrected chi connectivity index (χ2v) is 4.41. The lowest BCUT2D eigenvalue weighted by Gasteiger charge is -2.20. The second-order valence-electron chi connectivity index (χ2n) is 4.41. The van der Waals surface area contributed by atoms with Gasteiger partial charge in [-0.15, -0.1) is 0 Å². The summed E-state index contributed by atoms with van der Waals surface area (Å²) in [6, 6.07) is 4.07. The van der Waals surface area contributed by atoms with Crippen LogP contribution in [0.1, 0.15) is 18.4 Å². The molecule has 0 aromatic carbocycles. The maximum atomic E-state index is 5.79. The lowest BCUT2D eigenvalue weighted by molar-refractivity contribution is 0.106. The van der Waals surface area contributed by atoms with Crippen LogP contribution in [0.5, 0.6) is 0 Å². The van der Waals surface area contributed by atoms with Crippen molar-refractivity contribution in [1.82, 2.24) is 10.2 Å². The van der Waals surface area contributed by atoms with E-state index in [1.165, 1.54) is 0 Å². The summed E-state index contributed by atoms with van der Waals surface area (Å²) in [6.07, 6.45) is 0. The third-order valence-corrected chi connectivity index (χ3v) is 2.87. The van der Waals surface area contributed by atoms with E-state index in [1.807, 2.05) is 12.1 Å². The van der Waals surface area contributed by atoms with Gasteiger partial charge in [0.25, 0.3) is 0 Å². The van der Waals surface area contributed by atoms with Crippen LogP contribution in [0.15, 0.2) is 16.5 Å². The highest BCUT2D eigenvalue weighted by atomic mass is 16.5. The molecule has 0 atom stereocenters. The lowest BCUT2D eigenvalue weighted by Crippen LogP contribution is -2.30. The Labute approximate surface area is 115 Å². The maximum absolute atomic E-state index is 5.79. The molecule has 0 aliphatic carbocycles. The SMILES string of the molecule is CCNCc1ccc(CN(CCOC)CCOC)o1. The van der Waals surface area contributed by atoms with Gasteiger partial charge in [0, 0.05) is 27.3 Å². The first-order chi connectivity index (χ1) is 9.30. The second kappa shape index (κ2) is 9.97. The predicted octanol–water partition coefficient (Wildman–Crippen LogP) is 1.48. The zero-order chi connectivity index (χ0) is 13.9. The van der Waals surface area contributed by atoms with Crippen LogP contribution in [0.2, 0.25) is 0 Å². The number of hydrogen-bond acceptors (Lipinski definition) is 5. The van der Waals surface area contributed by atoms with Crippen molar-refractivity contribution in [2.75, 3.05) is 47.1 Å². The predicted molar refractivity (Wildman–Crippen MR) is 75.1 cm³/mol. The molecular weight excluding hydrogens is 244 g/mol. The molecule has 0 bridgehead atoms. The van der Waals surface area contributed by atoms with Crippen molar-refractivity contribution >= 4 is 0 Å². The van der Waals surface area contributed by atoms with Gasteiger partial charge in [-0.25, -0.2) is 0 Å². The summed E-state index contributed by atoms with van der Waals surface area (Å²) in [5, 5.41) is 3.25. The molecule has 0 amide bonds. The summed E-state index contributed by atoms with van der Waals surface area (Å²) in [5.41, 5.74) is 0. The fourth-order valence-electron chi connectivity index (χ4n) is 1.78. The smallest absolute Gasteiger partial charge is 0.118 e. The quantitative estimate of drug-likeness (QED) is 0.660. The van der Waals surface area contributed by atoms with Gasteiger partial charge in [0.2, 0.25) is 0 Å². The lowest BCUT2D eigenvalue weighted by atomic mass is 10.3. The minimum absolute atomic E-state index is 0.717. The van der Waals surface area contributed by atoms with Gasteiger partial charge in [-0.3, -0.25) is 4.90 Å². The highest BCUT2D eigenvalue weighted by Crippen LogP contribution is 2.10. The van der Waals surface area contributed by atoms with Crippen molar-refractivity contribution in [2.45, 2.75) is 20.0 Å². The van der Waals surface area contributed by atoms with E-state index >= 15 is 0 Å². The number of hydrogen-bond donors (Lipinski definition) is 1. The van der Waals surface area contributed by atoms with E-state index in [9.17, 15) is 0 Å². The molecule has 0 spiro atoms. The van der Waals surface area contributed by atoms with E-state index in [0.717, 1.165) is 44.2 Å². The molecule has 1 rings (SSSR count). The molecule has 0 aliphatic heterocycles. The van der Waals surface area contributed by atoms with Crippen LogP contribution in [-0.4, -0.2) is 52.0 Å². The van der Waals surface area contributed by atoms with Crippen LogP contribution in [-0.2, 0) is 22.6 Å². The highest BCUT2D eigenvalue weighted by Gasteiger charge is 2.09. The Hall–Kier alpha value is -0.880. The molecule has 1 aromatic heterocycles. The fourth-order valence-corrected chi connectivity index (χ4v) is 1.78. The van der Waals surface area contributed by atoms with Gasteiger partial charge in [0.15, 0.2) is 0 Å². The standard InChI is InChI=1S/C14H26N2O3/c1-4-15-11-13-5-6-14(19-13)12-16(7-9-17-2)8-10-18-3/h5-6,15H,4,7-12H2,1-3H3. The molecule has 0 aliphatic rings. The summed E-state index contributed by atoms with van der Waals surface area (Å²) in [4.78, 5) is 2.27. The minimum atomic E-state index is 0.717. The maximum Gasteiger partial charge on any atom is 0.118 e. The average molecular weight is 270 g/mol. The van der Waals surface area contributed by atoms with Crippen molar-refractivity contribution in [3.8, 4) is 0 Å². The van der Waals surface area contributed by atoms with Crippen molar-refractivity contribution in [1.29, 1.82) is 0 Å². The Balaban J connectivity index is 2.44. The summed E-state index contributed by atoms with van der Waals surface area (Å²) in [5.74, 6) is 1.97. The Kier molecular flexibility index (Phi) is 8.49. The third kappa shape index (κ3) is 6.73. The number of rotatable bonds is 11. The Morgan fingerprint density at radius 3 is 2.32 bits per heavy atom. The van der Waals surface area contributed by atoms with E-state index in [4.69, 9.17) is 13.9 Å². The van der Waals surface area contributed by atoms with E-state index in [0.29, 0.717) is 13.2 Å². The molecule has 19 heavy (non-hydrogen) atoms. The molecular formula is C14H26N2O3. The van der Waals surface area contributed by atoms with E-state index in [-0.39, 0.29) is 0 Å². The third-order valence-electron chi connectivity index (χ3n) is 2.87. The first-order valence-corrected chi connectivity index (χ1v) is 6.78. The summed E-state index contributed by atoms with van der Waals surface area (Å²) in [6.45, 7) is 7.80. The van der Waals surface area contributed by atoms with Crippen molar-refractivity contribution in [3.63, 3.8) is 0 Å². The summed E-state index contributed by atoms with van der Waals surface area (Å²) < 4.78 is 16.0. The number of ether oxygens (including phenoxy) is 2. The van der Waals surface area contributed by atoms with Gasteiger partial charge in [-0.05, 0) is 18.7 Å². The van der Waals surface area contributed by atoms with Crippen LogP contribution in [0.3, 0.4) is 0 Å². The van der Waals surface area contributed by atoms with Crippen LogP contribution in [0, 0.1) is 0 Å². The normalized spacial score (nSPS) is 11.4. The van der Waals surface area contributed by atoms with Crippen LogP contribution < -0.4 is 5.32 Å². The number of nitrogens with one attached hydrogen (secondary N) is 1. The molecule has 0 fully saturated rings. The monoisotopic (exact) mass is 270 g/mol. The molecule has 0 unspecified atom stereocenters. The van der Waals surface area contributed by atoms with Gasteiger partial charge in [-0.1, -0.05) is 6.92 Å². The van der Waals surface area contributed by atoms with Gasteiger partial charge >= 0.3 is 0 Å². The van der Waals surface area contributed by atoms with Gasteiger partial charge in [0.1, 0.15) is 11.5 Å². The molecule has 110 valence electrons. The fraction of sp³-hybridized carbons (Fsp3) is 0.714. The number of furan rings is 1. The van der Waals surface area contributed by atoms with Crippen LogP contribution >= 0.6 is 0 Å². The van der Waals surface area contributed by atoms with E-state index in [2.05, 4.69) is 17.1 Å². The molecule has 0 saturated carbocycles. The van der Waals surface area contributed by atoms with Gasteiger partial charge in [-0.2, -0.15) is 0 Å². The number of methoxy groups -OCH3 is 2. The topological polar surface area (TPSA) is 46.9 Å². The van der Waals surface area contributed by atoms with Crippen LogP contribution in [0.25, 0.3) is 0 Å². The zero-order valence-corrected chi connectivity index (χ0v) is 12.3. The Morgan fingerprint density at radius 1 is 1.11 bits per heavy atom.